The molecule has 1 saturated heterocycles. The highest BCUT2D eigenvalue weighted by Gasteiger charge is 2.57. The Labute approximate surface area is 165 Å². The molecule has 0 atom stereocenters. The predicted octanol–water partition coefficient (Wildman–Crippen LogP) is 4.11. The summed E-state index contributed by atoms with van der Waals surface area (Å²) in [6.07, 6.45) is 3.71. The highest BCUT2D eigenvalue weighted by atomic mass is 32.2. The Balaban J connectivity index is 1.42. The Morgan fingerprint density at radius 2 is 1.85 bits per heavy atom. The number of hydrogen-bond acceptors (Lipinski definition) is 4. The van der Waals surface area contributed by atoms with Crippen LogP contribution in [-0.2, 0) is 21.3 Å². The van der Waals surface area contributed by atoms with Crippen LogP contribution >= 0.6 is 11.3 Å². The summed E-state index contributed by atoms with van der Waals surface area (Å²) in [5.41, 5.74) is 1.98. The predicted molar refractivity (Wildman–Crippen MR) is 111 cm³/mol. The van der Waals surface area contributed by atoms with Crippen molar-refractivity contribution in [3.05, 3.63) is 51.7 Å². The van der Waals surface area contributed by atoms with Crippen molar-refractivity contribution in [3.63, 3.8) is 0 Å². The minimum atomic E-state index is -3.35. The maximum atomic E-state index is 13.7. The summed E-state index contributed by atoms with van der Waals surface area (Å²) in [4.78, 5) is 5.12. The van der Waals surface area contributed by atoms with E-state index in [1.54, 1.807) is 4.31 Å². The van der Waals surface area contributed by atoms with Gasteiger partial charge in [0.1, 0.15) is 4.75 Å². The number of nitrogens with zero attached hydrogens (tertiary/aromatic N) is 2. The average molecular weight is 403 g/mol. The monoisotopic (exact) mass is 402 g/mol. The lowest BCUT2D eigenvalue weighted by molar-refractivity contribution is 0.191. The number of rotatable bonds is 4. The van der Waals surface area contributed by atoms with Crippen LogP contribution in [0.3, 0.4) is 0 Å². The van der Waals surface area contributed by atoms with Gasteiger partial charge in [0.05, 0.1) is 5.69 Å². The zero-order valence-electron chi connectivity index (χ0n) is 15.7. The van der Waals surface area contributed by atoms with Gasteiger partial charge < -0.3 is 0 Å². The van der Waals surface area contributed by atoms with Crippen LogP contribution in [0.1, 0.15) is 41.0 Å². The number of sulfonamides is 1. The summed E-state index contributed by atoms with van der Waals surface area (Å²) >= 11 is 1.84. The first-order valence-electron chi connectivity index (χ1n) is 9.89. The van der Waals surface area contributed by atoms with Crippen molar-refractivity contribution in [2.75, 3.05) is 23.9 Å². The van der Waals surface area contributed by atoms with E-state index in [1.807, 2.05) is 29.5 Å². The van der Waals surface area contributed by atoms with Crippen molar-refractivity contribution in [2.24, 2.45) is 5.92 Å². The molecule has 5 rings (SSSR count). The van der Waals surface area contributed by atoms with Crippen molar-refractivity contribution in [1.29, 1.82) is 0 Å². The normalized spacial score (nSPS) is 23.7. The molecule has 0 radical (unpaired) electrons. The molecular weight excluding hydrogens is 376 g/mol. The number of fused-ring (bicyclic) bond motifs is 2. The first kappa shape index (κ1) is 17.7. The van der Waals surface area contributed by atoms with Crippen molar-refractivity contribution >= 4 is 27.0 Å². The fourth-order valence-electron chi connectivity index (χ4n) is 4.68. The molecule has 2 aromatic rings. The van der Waals surface area contributed by atoms with E-state index < -0.39 is 14.8 Å². The number of benzene rings is 1. The smallest absolute Gasteiger partial charge is 0.245 e. The highest BCUT2D eigenvalue weighted by Crippen LogP contribution is 2.53. The third-order valence-electron chi connectivity index (χ3n) is 6.41. The number of hydrogen-bond donors (Lipinski definition) is 0. The minimum Gasteiger partial charge on any atom is -0.298 e. The third-order valence-corrected chi connectivity index (χ3v) is 9.93. The van der Waals surface area contributed by atoms with Crippen LogP contribution in [0.5, 0.6) is 0 Å². The minimum absolute atomic E-state index is 0.546. The second kappa shape index (κ2) is 6.33. The Kier molecular flexibility index (Phi) is 4.15. The first-order valence-corrected chi connectivity index (χ1v) is 12.1. The maximum Gasteiger partial charge on any atom is 0.245 e. The van der Waals surface area contributed by atoms with Gasteiger partial charge in [-0.2, -0.15) is 0 Å². The molecule has 27 heavy (non-hydrogen) atoms. The Morgan fingerprint density at radius 3 is 2.52 bits per heavy atom. The number of anilines is 1. The molecule has 3 aliphatic rings. The van der Waals surface area contributed by atoms with Crippen molar-refractivity contribution < 1.29 is 8.42 Å². The lowest BCUT2D eigenvalue weighted by atomic mass is 9.87. The summed E-state index contributed by atoms with van der Waals surface area (Å²) < 4.78 is 28.4. The van der Waals surface area contributed by atoms with Crippen molar-refractivity contribution in [3.8, 4) is 0 Å². The molecule has 2 aliphatic heterocycles. The molecule has 144 valence electrons. The van der Waals surface area contributed by atoms with Gasteiger partial charge in [0.15, 0.2) is 0 Å². The number of piperidine rings is 1. The molecule has 3 heterocycles. The summed E-state index contributed by atoms with van der Waals surface area (Å²) in [7, 11) is -3.35. The van der Waals surface area contributed by atoms with Gasteiger partial charge in [0, 0.05) is 35.9 Å². The van der Waals surface area contributed by atoms with Gasteiger partial charge in [-0.25, -0.2) is 8.42 Å². The molecule has 0 N–H and O–H groups in total. The Hall–Kier alpha value is -1.37. The molecule has 1 aromatic heterocycles. The number of aryl methyl sites for hydroxylation is 1. The van der Waals surface area contributed by atoms with Crippen LogP contribution < -0.4 is 4.31 Å². The number of likely N-dealkylation sites (tertiary alicyclic amines) is 1. The molecule has 6 heteroatoms. The molecule has 0 bridgehead atoms. The van der Waals surface area contributed by atoms with Gasteiger partial charge in [-0.05, 0) is 62.3 Å². The lowest BCUT2D eigenvalue weighted by Crippen LogP contribution is -2.48. The van der Waals surface area contributed by atoms with Crippen LogP contribution in [0.25, 0.3) is 0 Å². The van der Waals surface area contributed by atoms with Gasteiger partial charge in [0.2, 0.25) is 10.0 Å². The van der Waals surface area contributed by atoms with E-state index in [9.17, 15) is 8.42 Å². The zero-order valence-corrected chi connectivity index (χ0v) is 17.4. The number of para-hydroxylation sites is 1. The van der Waals surface area contributed by atoms with Gasteiger partial charge in [0.25, 0.3) is 0 Å². The molecule has 2 fully saturated rings. The van der Waals surface area contributed by atoms with E-state index in [0.717, 1.165) is 43.7 Å². The third kappa shape index (κ3) is 2.84. The fourth-order valence-corrected chi connectivity index (χ4v) is 8.01. The fraction of sp³-hybridized carbons (Fsp3) is 0.524. The average Bonchev–Trinajstić information content (AvgIpc) is 3.37. The highest BCUT2D eigenvalue weighted by molar-refractivity contribution is 7.94. The second-order valence-electron chi connectivity index (χ2n) is 8.28. The molecule has 1 aliphatic carbocycles. The van der Waals surface area contributed by atoms with Gasteiger partial charge in [-0.1, -0.05) is 18.2 Å². The molecule has 1 saturated carbocycles. The van der Waals surface area contributed by atoms with Crippen LogP contribution in [0, 0.1) is 12.8 Å². The van der Waals surface area contributed by atoms with E-state index in [2.05, 4.69) is 30.0 Å². The molecule has 1 aromatic carbocycles. The maximum absolute atomic E-state index is 13.7. The summed E-state index contributed by atoms with van der Waals surface area (Å²) in [6.45, 7) is 5.40. The summed E-state index contributed by atoms with van der Waals surface area (Å²) in [5.74, 6) is 0.546. The molecular formula is C21H26N2O2S2. The zero-order chi connectivity index (χ0) is 18.6. The topological polar surface area (TPSA) is 40.6 Å². The standard InChI is InChI=1S/C21H26N2O2S2/c1-16-6-9-18(26-16)15-22-12-10-21(11-13-22)19-4-2-3-5-20(19)23(27(21,24)25)14-17-7-8-17/h2-6,9,17H,7-8,10-15H2,1H3. The summed E-state index contributed by atoms with van der Waals surface area (Å²) in [5, 5.41) is 0. The summed E-state index contributed by atoms with van der Waals surface area (Å²) in [6, 6.07) is 12.4. The first-order chi connectivity index (χ1) is 13.0. The van der Waals surface area contributed by atoms with Crippen LogP contribution in [0.2, 0.25) is 0 Å². The quantitative estimate of drug-likeness (QED) is 0.773. The van der Waals surface area contributed by atoms with Crippen molar-refractivity contribution in [1.82, 2.24) is 4.90 Å². The molecule has 0 unspecified atom stereocenters. The van der Waals surface area contributed by atoms with Crippen LogP contribution in [0.15, 0.2) is 36.4 Å². The second-order valence-corrected chi connectivity index (χ2v) is 11.8. The van der Waals surface area contributed by atoms with E-state index in [-0.39, 0.29) is 0 Å². The van der Waals surface area contributed by atoms with Crippen molar-refractivity contribution in [2.45, 2.75) is 43.9 Å². The van der Waals surface area contributed by atoms with Gasteiger partial charge in [-0.3, -0.25) is 9.21 Å². The molecule has 4 nitrogen and oxygen atoms in total. The SMILES string of the molecule is Cc1ccc(CN2CCC3(CC2)c2ccccc2N(CC2CC2)S3(=O)=O)s1. The van der Waals surface area contributed by atoms with Crippen LogP contribution in [0.4, 0.5) is 5.69 Å². The largest absolute Gasteiger partial charge is 0.298 e. The van der Waals surface area contributed by atoms with E-state index in [4.69, 9.17) is 0 Å². The van der Waals surface area contributed by atoms with Gasteiger partial charge in [-0.15, -0.1) is 11.3 Å². The van der Waals surface area contributed by atoms with E-state index >= 15 is 0 Å². The Bertz CT molecular complexity index is 954. The van der Waals surface area contributed by atoms with E-state index in [0.29, 0.717) is 25.3 Å². The number of thiophene rings is 1. The van der Waals surface area contributed by atoms with Crippen LogP contribution in [-0.4, -0.2) is 33.0 Å². The lowest BCUT2D eigenvalue weighted by Gasteiger charge is -2.39. The van der Waals surface area contributed by atoms with Gasteiger partial charge >= 0.3 is 0 Å². The molecule has 1 spiro atoms. The van der Waals surface area contributed by atoms with E-state index in [1.165, 1.54) is 9.75 Å². The Morgan fingerprint density at radius 1 is 1.11 bits per heavy atom. The molecule has 0 amide bonds.